The molecule has 22 heavy (non-hydrogen) atoms. The zero-order valence-electron chi connectivity index (χ0n) is 9.25. The Morgan fingerprint density at radius 1 is 0.364 bits per heavy atom. The average Bonchev–Trinajstić information content (AvgIpc) is 1.94. The summed E-state index contributed by atoms with van der Waals surface area (Å²) in [6.45, 7) is 0. The normalized spacial score (nSPS) is 5.45. The van der Waals surface area contributed by atoms with E-state index < -0.39 is 25.4 Å². The largest absolute Gasteiger partial charge is 3.00 e. The first kappa shape index (κ1) is 42.7. The zero-order chi connectivity index (χ0) is 17.9. The van der Waals surface area contributed by atoms with Gasteiger partial charge in [-0.2, -0.15) is 0 Å². The van der Waals surface area contributed by atoms with Gasteiger partial charge in [-0.3, -0.25) is 0 Å². The van der Waals surface area contributed by atoms with E-state index in [4.69, 9.17) is 76.6 Å². The standard InChI is InChI=1S/Al.5NO3.Ni/c;5*2-1(3)4;/q+3;5*-1;+2. The van der Waals surface area contributed by atoms with Crippen LogP contribution in [0.3, 0.4) is 0 Å². The second kappa shape index (κ2) is 36.1. The maximum Gasteiger partial charge on any atom is 3.00 e. The molecular formula is AlN5NiO15. The van der Waals surface area contributed by atoms with Crippen LogP contribution < -0.4 is 0 Å². The number of hydrogen-bond acceptors (Lipinski definition) is 15. The van der Waals surface area contributed by atoms with Crippen LogP contribution in [0.4, 0.5) is 0 Å². The molecule has 128 valence electrons. The van der Waals surface area contributed by atoms with E-state index in [1.807, 2.05) is 0 Å². The minimum Gasteiger partial charge on any atom is -0.356 e. The average molecular weight is 396 g/mol. The van der Waals surface area contributed by atoms with Crippen molar-refractivity contribution in [3.05, 3.63) is 76.6 Å². The van der Waals surface area contributed by atoms with Crippen molar-refractivity contribution in [2.24, 2.45) is 0 Å². The molecule has 0 atom stereocenters. The fraction of sp³-hybridized carbons (Fsp3) is 0. The molecule has 0 aliphatic carbocycles. The van der Waals surface area contributed by atoms with Crippen molar-refractivity contribution in [2.75, 3.05) is 0 Å². The van der Waals surface area contributed by atoms with Crippen molar-refractivity contribution in [2.45, 2.75) is 0 Å². The summed E-state index contributed by atoms with van der Waals surface area (Å²) < 4.78 is 0. The van der Waals surface area contributed by atoms with Crippen LogP contribution in [0.25, 0.3) is 0 Å². The van der Waals surface area contributed by atoms with Gasteiger partial charge in [0.2, 0.25) is 0 Å². The van der Waals surface area contributed by atoms with E-state index in [9.17, 15) is 0 Å². The molecule has 0 saturated heterocycles. The van der Waals surface area contributed by atoms with Crippen molar-refractivity contribution in [3.63, 3.8) is 0 Å². The summed E-state index contributed by atoms with van der Waals surface area (Å²) in [5.41, 5.74) is 0. The zero-order valence-corrected chi connectivity index (χ0v) is 11.4. The molecule has 0 heterocycles. The Bertz CT molecular complexity index is 213. The van der Waals surface area contributed by atoms with Gasteiger partial charge >= 0.3 is 33.9 Å². The second-order valence-electron chi connectivity index (χ2n) is 1.12. The Morgan fingerprint density at radius 2 is 0.364 bits per heavy atom. The maximum absolute atomic E-state index is 8.25. The molecule has 0 fully saturated rings. The van der Waals surface area contributed by atoms with Crippen LogP contribution >= 0.6 is 0 Å². The quantitative estimate of drug-likeness (QED) is 0.253. The van der Waals surface area contributed by atoms with Gasteiger partial charge in [0.25, 0.3) is 0 Å². The van der Waals surface area contributed by atoms with E-state index >= 15 is 0 Å². The smallest absolute Gasteiger partial charge is 0.356 e. The van der Waals surface area contributed by atoms with Gasteiger partial charge in [-0.15, -0.1) is 0 Å². The third-order valence-electron chi connectivity index (χ3n) is 0. The van der Waals surface area contributed by atoms with Crippen LogP contribution in [0.1, 0.15) is 0 Å². The van der Waals surface area contributed by atoms with E-state index in [0.29, 0.717) is 0 Å². The van der Waals surface area contributed by atoms with Gasteiger partial charge in [-0.1, -0.05) is 0 Å². The van der Waals surface area contributed by atoms with Crippen LogP contribution in [0.2, 0.25) is 0 Å². The molecular weight excluding hydrogens is 396 g/mol. The Labute approximate surface area is 136 Å². The van der Waals surface area contributed by atoms with Crippen molar-refractivity contribution in [3.8, 4) is 0 Å². The first-order valence-corrected chi connectivity index (χ1v) is 2.74. The molecule has 22 heteroatoms. The first-order valence-electron chi connectivity index (χ1n) is 2.74. The van der Waals surface area contributed by atoms with Crippen LogP contribution in [-0.4, -0.2) is 42.8 Å². The molecule has 0 aromatic rings. The van der Waals surface area contributed by atoms with Crippen molar-refractivity contribution >= 4 is 17.4 Å². The van der Waals surface area contributed by atoms with Gasteiger partial charge in [-0.25, -0.2) is 0 Å². The maximum atomic E-state index is 8.25. The van der Waals surface area contributed by atoms with Gasteiger partial charge in [0.05, 0.1) is 25.4 Å². The van der Waals surface area contributed by atoms with Crippen molar-refractivity contribution in [1.82, 2.24) is 0 Å². The molecule has 0 aromatic heterocycles. The Morgan fingerprint density at radius 3 is 0.364 bits per heavy atom. The van der Waals surface area contributed by atoms with E-state index in [-0.39, 0.29) is 33.9 Å². The van der Waals surface area contributed by atoms with Crippen LogP contribution in [0, 0.1) is 76.6 Å². The molecule has 0 unspecified atom stereocenters. The molecule has 0 bridgehead atoms. The second-order valence-corrected chi connectivity index (χ2v) is 1.12. The van der Waals surface area contributed by atoms with Crippen LogP contribution in [0.15, 0.2) is 0 Å². The van der Waals surface area contributed by atoms with Gasteiger partial charge in [0.1, 0.15) is 0 Å². The monoisotopic (exact) mass is 395 g/mol. The molecule has 0 N–H and O–H groups in total. The summed E-state index contributed by atoms with van der Waals surface area (Å²) in [6, 6.07) is 0. The Kier molecular flexibility index (Phi) is 70.2. The first-order chi connectivity index (χ1) is 8.66. The van der Waals surface area contributed by atoms with Crippen molar-refractivity contribution < 1.29 is 41.9 Å². The van der Waals surface area contributed by atoms with Gasteiger partial charge in [-0.05, 0) is 0 Å². The SMILES string of the molecule is O=[N+]([O-])[O-].O=[N+]([O-])[O-].O=[N+]([O-])[O-].O=[N+]([O-])[O-].O=[N+]([O-])[O-].[Al+3].[Ni+2]. The van der Waals surface area contributed by atoms with E-state index in [0.717, 1.165) is 0 Å². The third-order valence-corrected chi connectivity index (χ3v) is 0. The van der Waals surface area contributed by atoms with E-state index in [1.165, 1.54) is 0 Å². The fourth-order valence-electron chi connectivity index (χ4n) is 0. The van der Waals surface area contributed by atoms with Crippen LogP contribution in [-0.2, 0) is 16.5 Å². The third kappa shape index (κ3) is 494. The summed E-state index contributed by atoms with van der Waals surface area (Å²) in [5.74, 6) is 0. The fourth-order valence-corrected chi connectivity index (χ4v) is 0. The molecule has 0 aromatic carbocycles. The van der Waals surface area contributed by atoms with Gasteiger partial charge in [0.15, 0.2) is 0 Å². The Balaban J connectivity index is -0.0000000250. The van der Waals surface area contributed by atoms with E-state index in [1.54, 1.807) is 0 Å². The topological polar surface area (TPSA) is 331 Å². The minimum atomic E-state index is -1.75. The predicted octanol–water partition coefficient (Wildman–Crippen LogP) is -1.58. The van der Waals surface area contributed by atoms with Gasteiger partial charge < -0.3 is 76.6 Å². The molecule has 0 aliphatic heterocycles. The predicted molar refractivity (Wildman–Crippen MR) is 57.6 cm³/mol. The van der Waals surface area contributed by atoms with Gasteiger partial charge in [0, 0.05) is 0 Å². The molecule has 0 rings (SSSR count). The molecule has 0 radical (unpaired) electrons. The molecule has 20 nitrogen and oxygen atoms in total. The summed E-state index contributed by atoms with van der Waals surface area (Å²) in [7, 11) is 0. The van der Waals surface area contributed by atoms with Crippen molar-refractivity contribution in [1.29, 1.82) is 0 Å². The van der Waals surface area contributed by atoms with Crippen LogP contribution in [0.5, 0.6) is 0 Å². The summed E-state index contributed by atoms with van der Waals surface area (Å²) in [5, 5.41) is 73.8. The number of hydrogen-bond donors (Lipinski definition) is 0. The number of nitrogens with zero attached hydrogens (tertiary/aromatic N) is 5. The summed E-state index contributed by atoms with van der Waals surface area (Å²) in [6.07, 6.45) is 0. The summed E-state index contributed by atoms with van der Waals surface area (Å²) >= 11 is 0. The molecule has 0 aliphatic rings. The summed E-state index contributed by atoms with van der Waals surface area (Å²) in [4.78, 5) is 41.2. The molecule has 0 saturated carbocycles. The minimum absolute atomic E-state index is 0. The Hall–Kier alpha value is -2.97. The molecule has 0 amide bonds. The molecule has 0 spiro atoms. The van der Waals surface area contributed by atoms with E-state index in [2.05, 4.69) is 0 Å². The number of rotatable bonds is 0.